The van der Waals surface area contributed by atoms with Crippen LogP contribution in [0.15, 0.2) is 12.5 Å². The second-order valence-electron chi connectivity index (χ2n) is 7.38. The molecule has 1 aromatic rings. The number of carbonyl (C=O) groups is 5. The zero-order valence-electron chi connectivity index (χ0n) is 18.7. The fraction of sp³-hybridized carbons (Fsp3) is 0.579. The van der Waals surface area contributed by atoms with E-state index in [1.165, 1.54) is 24.3 Å². The summed E-state index contributed by atoms with van der Waals surface area (Å²) in [5, 5.41) is 25.9. The van der Waals surface area contributed by atoms with Crippen LogP contribution < -0.4 is 27.4 Å². The van der Waals surface area contributed by atoms with Crippen molar-refractivity contribution in [1.82, 2.24) is 25.9 Å². The largest absolute Gasteiger partial charge is 0.480 e. The normalized spacial score (nSPS) is 14.3. The Balaban J connectivity index is 2.79. The molecule has 14 nitrogen and oxygen atoms in total. The summed E-state index contributed by atoms with van der Waals surface area (Å²) in [4.78, 5) is 66.6. The SMILES string of the molecule is CSCCC(NC(=O)C(CO)NC(=O)C(N)Cc1cnc[nH]1)C(=O)NC(CCC(N)=O)C(=O)O. The van der Waals surface area contributed by atoms with Gasteiger partial charge in [0.25, 0.3) is 0 Å². The molecular formula is C19H31N7O7S. The van der Waals surface area contributed by atoms with Crippen molar-refractivity contribution in [2.75, 3.05) is 18.6 Å². The molecule has 4 unspecified atom stereocenters. The van der Waals surface area contributed by atoms with Crippen LogP contribution in [0.25, 0.3) is 0 Å². The van der Waals surface area contributed by atoms with Crippen LogP contribution in [0.2, 0.25) is 0 Å². The summed E-state index contributed by atoms with van der Waals surface area (Å²) in [7, 11) is 0. The third kappa shape index (κ3) is 10.2. The summed E-state index contributed by atoms with van der Waals surface area (Å²) < 4.78 is 0. The van der Waals surface area contributed by atoms with Gasteiger partial charge in [0, 0.05) is 24.7 Å². The van der Waals surface area contributed by atoms with Gasteiger partial charge in [-0.15, -0.1) is 0 Å². The van der Waals surface area contributed by atoms with Crippen molar-refractivity contribution in [2.24, 2.45) is 11.5 Å². The van der Waals surface area contributed by atoms with Crippen molar-refractivity contribution in [3.63, 3.8) is 0 Å². The Morgan fingerprint density at radius 3 is 2.21 bits per heavy atom. The Kier molecular flexibility index (Phi) is 12.6. The lowest BCUT2D eigenvalue weighted by molar-refractivity contribution is -0.142. The average molecular weight is 502 g/mol. The molecule has 15 heteroatoms. The first kappa shape index (κ1) is 28.9. The molecule has 190 valence electrons. The van der Waals surface area contributed by atoms with E-state index in [9.17, 15) is 34.2 Å². The lowest BCUT2D eigenvalue weighted by Gasteiger charge is -2.24. The number of aromatic amines is 1. The minimum Gasteiger partial charge on any atom is -0.480 e. The number of nitrogens with zero attached hydrogens (tertiary/aromatic N) is 1. The van der Waals surface area contributed by atoms with Crippen molar-refractivity contribution >= 4 is 41.4 Å². The highest BCUT2D eigenvalue weighted by molar-refractivity contribution is 7.98. The quantitative estimate of drug-likeness (QED) is 0.113. The first-order valence-corrected chi connectivity index (χ1v) is 11.7. The number of imidazole rings is 1. The Labute approximate surface area is 200 Å². The number of hydrogen-bond donors (Lipinski definition) is 8. The Bertz CT molecular complexity index is 837. The third-order valence-corrected chi connectivity index (χ3v) is 5.33. The van der Waals surface area contributed by atoms with E-state index in [4.69, 9.17) is 11.5 Å². The highest BCUT2D eigenvalue weighted by Gasteiger charge is 2.30. The van der Waals surface area contributed by atoms with E-state index in [0.717, 1.165) is 0 Å². The predicted molar refractivity (Wildman–Crippen MR) is 122 cm³/mol. The van der Waals surface area contributed by atoms with E-state index in [1.807, 2.05) is 0 Å². The maximum atomic E-state index is 12.7. The molecule has 0 saturated carbocycles. The first-order valence-electron chi connectivity index (χ1n) is 10.3. The first-order chi connectivity index (χ1) is 16.1. The number of primary amides is 1. The second-order valence-corrected chi connectivity index (χ2v) is 8.36. The molecule has 0 saturated heterocycles. The minimum atomic E-state index is -1.39. The van der Waals surface area contributed by atoms with Crippen LogP contribution in [0.4, 0.5) is 0 Å². The number of carboxylic acid groups (broad SMARTS) is 1. The van der Waals surface area contributed by atoms with E-state index in [-0.39, 0.29) is 25.7 Å². The molecule has 0 radical (unpaired) electrons. The summed E-state index contributed by atoms with van der Waals surface area (Å²) in [5.74, 6) is -3.99. The number of nitrogens with two attached hydrogens (primary N) is 2. The van der Waals surface area contributed by atoms with Gasteiger partial charge in [0.05, 0.1) is 19.0 Å². The predicted octanol–water partition coefficient (Wildman–Crippen LogP) is -3.17. The molecule has 4 atom stereocenters. The molecule has 0 aliphatic carbocycles. The number of amides is 4. The summed E-state index contributed by atoms with van der Waals surface area (Å²) in [6.45, 7) is -0.762. The number of aliphatic carboxylic acids is 1. The Hall–Kier alpha value is -3.17. The molecule has 0 fully saturated rings. The monoisotopic (exact) mass is 501 g/mol. The summed E-state index contributed by atoms with van der Waals surface area (Å²) >= 11 is 1.39. The van der Waals surface area contributed by atoms with Crippen molar-refractivity contribution in [2.45, 2.75) is 49.9 Å². The van der Waals surface area contributed by atoms with Crippen LogP contribution in [0.1, 0.15) is 25.0 Å². The van der Waals surface area contributed by atoms with E-state index < -0.39 is 60.4 Å². The molecule has 0 aromatic carbocycles. The number of hydrogen-bond acceptors (Lipinski definition) is 9. The van der Waals surface area contributed by atoms with E-state index >= 15 is 0 Å². The third-order valence-electron chi connectivity index (χ3n) is 4.68. The number of aliphatic hydroxyl groups excluding tert-OH is 1. The van der Waals surface area contributed by atoms with Gasteiger partial charge in [-0.1, -0.05) is 0 Å². The zero-order chi connectivity index (χ0) is 25.7. The number of H-pyrrole nitrogens is 1. The lowest BCUT2D eigenvalue weighted by atomic mass is 10.1. The van der Waals surface area contributed by atoms with Gasteiger partial charge in [-0.3, -0.25) is 19.2 Å². The number of aromatic nitrogens is 2. The van der Waals surface area contributed by atoms with Crippen molar-refractivity contribution < 1.29 is 34.2 Å². The zero-order valence-corrected chi connectivity index (χ0v) is 19.5. The van der Waals surface area contributed by atoms with Crippen LogP contribution >= 0.6 is 11.8 Å². The molecule has 10 N–H and O–H groups in total. The summed E-state index contributed by atoms with van der Waals surface area (Å²) in [6, 6.07) is -4.96. The molecule has 0 bridgehead atoms. The highest BCUT2D eigenvalue weighted by atomic mass is 32.2. The van der Waals surface area contributed by atoms with Gasteiger partial charge in [0.2, 0.25) is 23.6 Å². The van der Waals surface area contributed by atoms with Crippen molar-refractivity contribution in [1.29, 1.82) is 0 Å². The molecule has 1 aromatic heterocycles. The standard InChI is InChI=1S/C19H31N7O7S/c1-34-5-4-12(17(30)25-13(19(32)33)2-3-15(21)28)24-18(31)14(8-27)26-16(29)11(20)6-10-7-22-9-23-10/h7,9,11-14,27H,2-6,8,20H2,1H3,(H2,21,28)(H,22,23)(H,24,31)(H,25,30)(H,26,29)(H,32,33). The number of thioether (sulfide) groups is 1. The maximum Gasteiger partial charge on any atom is 0.326 e. The molecular weight excluding hydrogens is 470 g/mol. The lowest BCUT2D eigenvalue weighted by Crippen LogP contribution is -2.58. The fourth-order valence-electron chi connectivity index (χ4n) is 2.79. The van der Waals surface area contributed by atoms with Gasteiger partial charge in [-0.2, -0.15) is 11.8 Å². The van der Waals surface area contributed by atoms with Crippen LogP contribution in [-0.4, -0.2) is 92.6 Å². The van der Waals surface area contributed by atoms with Crippen LogP contribution in [0.5, 0.6) is 0 Å². The van der Waals surface area contributed by atoms with Gasteiger partial charge in [0.15, 0.2) is 0 Å². The van der Waals surface area contributed by atoms with Crippen LogP contribution in [0, 0.1) is 0 Å². The summed E-state index contributed by atoms with van der Waals surface area (Å²) in [5.41, 5.74) is 11.5. The topological polar surface area (TPSA) is 243 Å². The Morgan fingerprint density at radius 1 is 1.06 bits per heavy atom. The second kappa shape index (κ2) is 14.9. The van der Waals surface area contributed by atoms with Crippen LogP contribution in [-0.2, 0) is 30.4 Å². The molecule has 0 spiro atoms. The molecule has 1 heterocycles. The van der Waals surface area contributed by atoms with Crippen molar-refractivity contribution in [3.8, 4) is 0 Å². The number of carboxylic acids is 1. The molecule has 0 aliphatic heterocycles. The average Bonchev–Trinajstić information content (AvgIpc) is 3.29. The molecule has 34 heavy (non-hydrogen) atoms. The maximum absolute atomic E-state index is 12.7. The van der Waals surface area contributed by atoms with Gasteiger partial charge in [-0.25, -0.2) is 9.78 Å². The number of aliphatic hydroxyl groups is 1. The highest BCUT2D eigenvalue weighted by Crippen LogP contribution is 2.05. The number of nitrogens with one attached hydrogen (secondary N) is 4. The fourth-order valence-corrected chi connectivity index (χ4v) is 3.26. The van der Waals surface area contributed by atoms with Gasteiger partial charge in [-0.05, 0) is 24.9 Å². The van der Waals surface area contributed by atoms with Gasteiger partial charge < -0.3 is 42.6 Å². The molecule has 0 aliphatic rings. The van der Waals surface area contributed by atoms with Gasteiger partial charge in [0.1, 0.15) is 18.1 Å². The van der Waals surface area contributed by atoms with Gasteiger partial charge >= 0.3 is 5.97 Å². The van der Waals surface area contributed by atoms with E-state index in [0.29, 0.717) is 11.4 Å². The van der Waals surface area contributed by atoms with Crippen molar-refractivity contribution in [3.05, 3.63) is 18.2 Å². The minimum absolute atomic E-state index is 0.117. The molecule has 1 rings (SSSR count). The Morgan fingerprint density at radius 2 is 1.68 bits per heavy atom. The number of rotatable bonds is 16. The van der Waals surface area contributed by atoms with Crippen LogP contribution in [0.3, 0.4) is 0 Å². The smallest absolute Gasteiger partial charge is 0.326 e. The number of carbonyl (C=O) groups excluding carboxylic acids is 4. The van der Waals surface area contributed by atoms with E-state index in [2.05, 4.69) is 25.9 Å². The van der Waals surface area contributed by atoms with E-state index in [1.54, 1.807) is 6.26 Å². The molecule has 4 amide bonds. The summed E-state index contributed by atoms with van der Waals surface area (Å²) in [6.07, 6.45) is 4.48.